The van der Waals surface area contributed by atoms with Crippen LogP contribution in [-0.4, -0.2) is 45.6 Å². The molecule has 0 saturated carbocycles. The van der Waals surface area contributed by atoms with Crippen LogP contribution < -0.4 is 4.74 Å². The molecule has 0 aliphatic carbocycles. The first kappa shape index (κ1) is 22.6. The van der Waals surface area contributed by atoms with E-state index in [-0.39, 0.29) is 0 Å². The van der Waals surface area contributed by atoms with Crippen molar-refractivity contribution in [1.29, 1.82) is 0 Å². The summed E-state index contributed by atoms with van der Waals surface area (Å²) in [7, 11) is -0.666. The molecule has 0 aliphatic rings. The Bertz CT molecular complexity index is 1130. The largest absolute Gasteiger partial charge is 0.439 e. The molecule has 0 unspecified atom stereocenters. The Morgan fingerprint density at radius 2 is 1.80 bits per heavy atom. The van der Waals surface area contributed by atoms with Crippen molar-refractivity contribution in [2.75, 3.05) is 14.1 Å². The summed E-state index contributed by atoms with van der Waals surface area (Å²) in [6.45, 7) is 4.57. The molecule has 0 radical (unpaired) electrons. The number of ether oxygens (including phenoxy) is 1. The molecule has 0 saturated heterocycles. The van der Waals surface area contributed by atoms with Crippen molar-refractivity contribution in [3.05, 3.63) is 57.7 Å². The molecule has 3 rings (SSSR count). The Hall–Kier alpha value is -2.07. The molecule has 3 aromatic rings. The van der Waals surface area contributed by atoms with Gasteiger partial charge in [-0.25, -0.2) is 13.6 Å². The smallest absolute Gasteiger partial charge is 0.308 e. The van der Waals surface area contributed by atoms with Gasteiger partial charge in [-0.3, -0.25) is 0 Å². The zero-order valence-corrected chi connectivity index (χ0v) is 19.5. The number of hydrogen-bond acceptors (Lipinski definition) is 5. The minimum Gasteiger partial charge on any atom is -0.439 e. The number of aryl methyl sites for hydroxylation is 1. The van der Waals surface area contributed by atoms with Crippen molar-refractivity contribution in [2.24, 2.45) is 0 Å². The van der Waals surface area contributed by atoms with E-state index in [1.807, 2.05) is 13.8 Å². The Morgan fingerprint density at radius 3 is 2.37 bits per heavy atom. The van der Waals surface area contributed by atoms with Crippen molar-refractivity contribution < 1.29 is 13.2 Å². The van der Waals surface area contributed by atoms with Crippen molar-refractivity contribution >= 4 is 33.4 Å². The van der Waals surface area contributed by atoms with Crippen LogP contribution in [0.15, 0.2) is 30.7 Å². The Labute approximate surface area is 186 Å². The van der Waals surface area contributed by atoms with E-state index in [0.29, 0.717) is 46.8 Å². The fourth-order valence-electron chi connectivity index (χ4n) is 2.98. The summed E-state index contributed by atoms with van der Waals surface area (Å²) in [5, 5.41) is 5.61. The van der Waals surface area contributed by atoms with E-state index < -0.39 is 10.2 Å². The van der Waals surface area contributed by atoms with Gasteiger partial charge in [0, 0.05) is 48.9 Å². The molecule has 0 spiro atoms. The topological polar surface area (TPSA) is 82.3 Å². The normalized spacial score (nSPS) is 12.0. The molecule has 8 nitrogen and oxygen atoms in total. The maximum absolute atomic E-state index is 12.3. The highest BCUT2D eigenvalue weighted by molar-refractivity contribution is 7.87. The first-order valence-electron chi connectivity index (χ1n) is 9.34. The molecule has 2 heterocycles. The average molecular weight is 472 g/mol. The molecule has 0 fully saturated rings. The molecule has 0 amide bonds. The minimum atomic E-state index is -3.61. The third-order valence-corrected chi connectivity index (χ3v) is 6.57. The second kappa shape index (κ2) is 8.97. The monoisotopic (exact) mass is 471 g/mol. The molecule has 30 heavy (non-hydrogen) atoms. The predicted molar refractivity (Wildman–Crippen MR) is 117 cm³/mol. The van der Waals surface area contributed by atoms with Gasteiger partial charge in [0.05, 0.1) is 11.4 Å². The number of rotatable bonds is 8. The van der Waals surface area contributed by atoms with Gasteiger partial charge in [0.25, 0.3) is 0 Å². The Kier molecular flexibility index (Phi) is 6.76. The molecule has 0 N–H and O–H groups in total. The molecular formula is C19H23Cl2N5O3S. The fourth-order valence-corrected chi connectivity index (χ4v) is 4.28. The zero-order chi connectivity index (χ0) is 22.1. The minimum absolute atomic E-state index is 0.374. The summed E-state index contributed by atoms with van der Waals surface area (Å²) in [5.74, 6) is 1.12. The van der Waals surface area contributed by atoms with Gasteiger partial charge >= 0.3 is 10.2 Å². The number of imidazole rings is 1. The van der Waals surface area contributed by atoms with Crippen LogP contribution in [0.25, 0.3) is 0 Å². The van der Waals surface area contributed by atoms with Crippen LogP contribution >= 0.6 is 23.2 Å². The van der Waals surface area contributed by atoms with Gasteiger partial charge in [0.1, 0.15) is 12.1 Å². The standard InChI is InChI=1S/C19H23Cl2N5O3S/c1-5-17-18(10-15-11-25(12-22-15)30(27,28)24(3)4)23-26(6-2)19(17)29-16-8-13(20)7-14(21)9-16/h7-9,11-12H,5-6,10H2,1-4H3. The van der Waals surface area contributed by atoms with Crippen LogP contribution in [-0.2, 0) is 29.6 Å². The van der Waals surface area contributed by atoms with E-state index >= 15 is 0 Å². The lowest BCUT2D eigenvalue weighted by molar-refractivity contribution is 0.412. The third-order valence-electron chi connectivity index (χ3n) is 4.48. The van der Waals surface area contributed by atoms with Gasteiger partial charge in [-0.2, -0.15) is 17.8 Å². The van der Waals surface area contributed by atoms with Gasteiger partial charge in [-0.1, -0.05) is 30.1 Å². The highest BCUT2D eigenvalue weighted by Crippen LogP contribution is 2.32. The second-order valence-corrected chi connectivity index (χ2v) is 9.69. The highest BCUT2D eigenvalue weighted by atomic mass is 35.5. The van der Waals surface area contributed by atoms with Crippen LogP contribution in [0.5, 0.6) is 11.6 Å². The summed E-state index contributed by atoms with van der Waals surface area (Å²) in [5.41, 5.74) is 2.28. The van der Waals surface area contributed by atoms with E-state index in [1.54, 1.807) is 22.9 Å². The van der Waals surface area contributed by atoms with E-state index in [1.165, 1.54) is 26.6 Å². The van der Waals surface area contributed by atoms with Crippen LogP contribution in [0.2, 0.25) is 10.0 Å². The summed E-state index contributed by atoms with van der Waals surface area (Å²) >= 11 is 12.2. The third kappa shape index (κ3) is 4.64. The number of nitrogens with zero attached hydrogens (tertiary/aromatic N) is 5. The van der Waals surface area contributed by atoms with Crippen molar-refractivity contribution in [1.82, 2.24) is 23.0 Å². The molecule has 162 valence electrons. The zero-order valence-electron chi connectivity index (χ0n) is 17.1. The van der Waals surface area contributed by atoms with E-state index in [2.05, 4.69) is 10.1 Å². The van der Waals surface area contributed by atoms with E-state index in [0.717, 1.165) is 19.5 Å². The lowest BCUT2D eigenvalue weighted by Crippen LogP contribution is -2.27. The van der Waals surface area contributed by atoms with Crippen LogP contribution in [0.3, 0.4) is 0 Å². The second-order valence-electron chi connectivity index (χ2n) is 6.77. The molecule has 0 atom stereocenters. The molecule has 2 aromatic heterocycles. The maximum Gasteiger partial charge on any atom is 0.308 e. The number of halogens is 2. The number of benzene rings is 1. The SMILES string of the molecule is CCc1c(Cc2cn(S(=O)(=O)N(C)C)cn2)nn(CC)c1Oc1cc(Cl)cc(Cl)c1. The highest BCUT2D eigenvalue weighted by Gasteiger charge is 2.21. The van der Waals surface area contributed by atoms with Gasteiger partial charge in [-0.05, 0) is 31.5 Å². The Balaban J connectivity index is 1.94. The lowest BCUT2D eigenvalue weighted by Gasteiger charge is -2.10. The van der Waals surface area contributed by atoms with E-state index in [9.17, 15) is 8.42 Å². The molecule has 1 aromatic carbocycles. The Morgan fingerprint density at radius 1 is 1.13 bits per heavy atom. The van der Waals surface area contributed by atoms with Crippen molar-refractivity contribution in [3.8, 4) is 11.6 Å². The van der Waals surface area contributed by atoms with Gasteiger partial charge in [0.2, 0.25) is 5.88 Å². The number of aromatic nitrogens is 4. The predicted octanol–water partition coefficient (Wildman–Crippen LogP) is 4.01. The van der Waals surface area contributed by atoms with Gasteiger partial charge in [-0.15, -0.1) is 0 Å². The number of hydrogen-bond donors (Lipinski definition) is 0. The van der Waals surface area contributed by atoms with Gasteiger partial charge < -0.3 is 4.74 Å². The molecule has 0 aliphatic heterocycles. The van der Waals surface area contributed by atoms with Crippen molar-refractivity contribution in [3.63, 3.8) is 0 Å². The van der Waals surface area contributed by atoms with Crippen LogP contribution in [0.1, 0.15) is 30.8 Å². The lowest BCUT2D eigenvalue weighted by atomic mass is 10.1. The van der Waals surface area contributed by atoms with E-state index in [4.69, 9.17) is 27.9 Å². The summed E-state index contributed by atoms with van der Waals surface area (Å²) in [4.78, 5) is 4.24. The molecule has 0 bridgehead atoms. The molecule has 11 heteroatoms. The first-order chi connectivity index (χ1) is 14.1. The van der Waals surface area contributed by atoms with Gasteiger partial charge in [0.15, 0.2) is 0 Å². The summed E-state index contributed by atoms with van der Waals surface area (Å²) in [6.07, 6.45) is 3.84. The molecular weight excluding hydrogens is 449 g/mol. The fraction of sp³-hybridized carbons (Fsp3) is 0.368. The first-order valence-corrected chi connectivity index (χ1v) is 11.5. The average Bonchev–Trinajstić information content (AvgIpc) is 3.26. The van der Waals surface area contributed by atoms with Crippen LogP contribution in [0.4, 0.5) is 0 Å². The van der Waals surface area contributed by atoms with Crippen LogP contribution in [0, 0.1) is 0 Å². The quantitative estimate of drug-likeness (QED) is 0.495. The summed E-state index contributed by atoms with van der Waals surface area (Å²) < 4.78 is 34.6. The van der Waals surface area contributed by atoms with Crippen molar-refractivity contribution in [2.45, 2.75) is 33.2 Å². The maximum atomic E-state index is 12.3. The summed E-state index contributed by atoms with van der Waals surface area (Å²) in [6, 6.07) is 5.01.